The Kier molecular flexibility index (Phi) is 3.12. The summed E-state index contributed by atoms with van der Waals surface area (Å²) in [5, 5.41) is 3.21. The van der Waals surface area contributed by atoms with E-state index in [9.17, 15) is 0 Å². The van der Waals surface area contributed by atoms with Gasteiger partial charge >= 0.3 is 0 Å². The maximum absolute atomic E-state index is 3.21. The zero-order valence-electron chi connectivity index (χ0n) is 7.17. The van der Waals surface area contributed by atoms with Crippen LogP contribution in [0.15, 0.2) is 30.3 Å². The van der Waals surface area contributed by atoms with Crippen molar-refractivity contribution in [3.63, 3.8) is 0 Å². The van der Waals surface area contributed by atoms with Crippen LogP contribution in [0.2, 0.25) is 0 Å². The predicted molar refractivity (Wildman–Crippen MR) is 48.7 cm³/mol. The zero-order valence-corrected chi connectivity index (χ0v) is 7.17. The van der Waals surface area contributed by atoms with Crippen molar-refractivity contribution in [2.24, 2.45) is 0 Å². The van der Waals surface area contributed by atoms with Crippen LogP contribution in [0.1, 0.15) is 12.5 Å². The highest BCUT2D eigenvalue weighted by Crippen LogP contribution is 2.01. The van der Waals surface area contributed by atoms with E-state index in [1.165, 1.54) is 5.56 Å². The van der Waals surface area contributed by atoms with E-state index in [0.717, 1.165) is 6.42 Å². The van der Waals surface area contributed by atoms with Crippen molar-refractivity contribution in [3.8, 4) is 0 Å². The molecule has 0 aliphatic carbocycles. The summed E-state index contributed by atoms with van der Waals surface area (Å²) >= 11 is 0. The fraction of sp³-hybridized carbons (Fsp3) is 0.400. The molecule has 1 heteroatoms. The molecule has 1 aromatic rings. The average molecular weight is 148 g/mol. The van der Waals surface area contributed by atoms with Crippen molar-refractivity contribution in [2.45, 2.75) is 19.4 Å². The molecule has 0 aliphatic rings. The van der Waals surface area contributed by atoms with Crippen LogP contribution in [0.4, 0.5) is 0 Å². The molecular formula is C10H15N. The lowest BCUT2D eigenvalue weighted by molar-refractivity contribution is 0.608. The van der Waals surface area contributed by atoms with E-state index in [1.54, 1.807) is 0 Å². The summed E-state index contributed by atoms with van der Waals surface area (Å²) < 4.78 is 0. The van der Waals surface area contributed by atoms with Crippen molar-refractivity contribution >= 4 is 0 Å². The van der Waals surface area contributed by atoms with E-state index < -0.39 is 0 Å². The highest BCUT2D eigenvalue weighted by Gasteiger charge is 1.97. The van der Waals surface area contributed by atoms with Gasteiger partial charge in [-0.05, 0) is 26.0 Å². The first kappa shape index (κ1) is 8.28. The Morgan fingerprint density at radius 1 is 1.27 bits per heavy atom. The first-order chi connectivity index (χ1) is 5.33. The molecule has 1 nitrogen and oxygen atoms in total. The van der Waals surface area contributed by atoms with E-state index in [2.05, 4.69) is 36.5 Å². The van der Waals surface area contributed by atoms with Crippen molar-refractivity contribution in [1.82, 2.24) is 5.32 Å². The lowest BCUT2D eigenvalue weighted by Crippen LogP contribution is -2.23. The number of nitrogens with one attached hydrogen (secondary N) is 1. The minimum absolute atomic E-state index is 0.567. The molecule has 1 N–H and O–H groups in total. The molecule has 0 heterocycles. The summed E-state index contributed by atoms with van der Waals surface area (Å²) in [6.45, 7) is 2.19. The van der Waals surface area contributed by atoms with E-state index in [4.69, 9.17) is 0 Å². The van der Waals surface area contributed by atoms with Crippen LogP contribution in [-0.4, -0.2) is 13.1 Å². The Bertz CT molecular complexity index is 193. The van der Waals surface area contributed by atoms with E-state index in [-0.39, 0.29) is 0 Å². The molecule has 1 rings (SSSR count). The second kappa shape index (κ2) is 4.14. The normalized spacial score (nSPS) is 12.9. The molecule has 0 aliphatic heterocycles. The van der Waals surface area contributed by atoms with Crippen molar-refractivity contribution in [1.29, 1.82) is 0 Å². The van der Waals surface area contributed by atoms with Gasteiger partial charge in [0.2, 0.25) is 0 Å². The van der Waals surface area contributed by atoms with E-state index in [1.807, 2.05) is 13.1 Å². The fourth-order valence-corrected chi connectivity index (χ4v) is 1.07. The number of benzene rings is 1. The first-order valence-corrected chi connectivity index (χ1v) is 4.04. The highest BCUT2D eigenvalue weighted by atomic mass is 14.8. The van der Waals surface area contributed by atoms with Gasteiger partial charge in [-0.1, -0.05) is 30.3 Å². The lowest BCUT2D eigenvalue weighted by Gasteiger charge is -2.08. The third-order valence-corrected chi connectivity index (χ3v) is 1.88. The van der Waals surface area contributed by atoms with Crippen LogP contribution in [0.5, 0.6) is 0 Å². The third kappa shape index (κ3) is 2.72. The van der Waals surface area contributed by atoms with Gasteiger partial charge in [0.1, 0.15) is 0 Å². The molecule has 1 aromatic carbocycles. The highest BCUT2D eigenvalue weighted by molar-refractivity contribution is 5.15. The molecule has 0 radical (unpaired) electrons. The standard InChI is InChI=1S/C10H15N/c1-9(11-2)8-10-6-4-3-5-7-10/h3-7,9,11H,8H2,1-2H3/i2-1. The Morgan fingerprint density at radius 3 is 2.45 bits per heavy atom. The van der Waals surface area contributed by atoms with Crippen LogP contribution in [0, 0.1) is 0 Å². The van der Waals surface area contributed by atoms with E-state index in [0.29, 0.717) is 6.04 Å². The third-order valence-electron chi connectivity index (χ3n) is 1.88. The van der Waals surface area contributed by atoms with Gasteiger partial charge in [-0.3, -0.25) is 0 Å². The minimum Gasteiger partial charge on any atom is -0.317 e. The monoisotopic (exact) mass is 148 g/mol. The van der Waals surface area contributed by atoms with Gasteiger partial charge < -0.3 is 5.32 Å². The van der Waals surface area contributed by atoms with Gasteiger partial charge in [-0.25, -0.2) is 0 Å². The summed E-state index contributed by atoms with van der Waals surface area (Å²) in [7, 11) is 1.99. The molecule has 1 atom stereocenters. The first-order valence-electron chi connectivity index (χ1n) is 4.04. The Balaban J connectivity index is 2.51. The van der Waals surface area contributed by atoms with Gasteiger partial charge in [0.15, 0.2) is 0 Å². The van der Waals surface area contributed by atoms with Crippen LogP contribution in [0.25, 0.3) is 0 Å². The predicted octanol–water partition coefficient (Wildman–Crippen LogP) is 1.84. The molecule has 0 amide bonds. The molecule has 1 unspecified atom stereocenters. The summed E-state index contributed by atoms with van der Waals surface area (Å²) in [5.41, 5.74) is 1.40. The number of likely N-dealkylation sites (N-methyl/N-ethyl adjacent to an activating group) is 1. The quantitative estimate of drug-likeness (QED) is 0.689. The molecule has 60 valence electrons. The summed E-state index contributed by atoms with van der Waals surface area (Å²) in [6, 6.07) is 11.1. The maximum atomic E-state index is 3.21. The molecule has 11 heavy (non-hydrogen) atoms. The maximum Gasteiger partial charge on any atom is 0.00761 e. The smallest absolute Gasteiger partial charge is 0.00761 e. The summed E-state index contributed by atoms with van der Waals surface area (Å²) in [5.74, 6) is 0. The molecule has 0 saturated carbocycles. The van der Waals surface area contributed by atoms with Gasteiger partial charge in [-0.15, -0.1) is 0 Å². The Hall–Kier alpha value is -0.820. The van der Waals surface area contributed by atoms with Gasteiger partial charge in [-0.2, -0.15) is 0 Å². The SMILES string of the molecule is CC(Cc1ccccc1)N[11CH3]. The second-order valence-electron chi connectivity index (χ2n) is 2.88. The average Bonchev–Trinajstić information content (AvgIpc) is 2.06. The number of hydrogen-bond acceptors (Lipinski definition) is 1. The van der Waals surface area contributed by atoms with Gasteiger partial charge in [0, 0.05) is 6.04 Å². The van der Waals surface area contributed by atoms with Crippen LogP contribution >= 0.6 is 0 Å². The largest absolute Gasteiger partial charge is 0.317 e. The van der Waals surface area contributed by atoms with Gasteiger partial charge in [0.05, 0.1) is 0 Å². The molecule has 0 aromatic heterocycles. The molecule has 0 fully saturated rings. The topological polar surface area (TPSA) is 12.0 Å². The summed E-state index contributed by atoms with van der Waals surface area (Å²) in [6.07, 6.45) is 1.11. The zero-order chi connectivity index (χ0) is 8.10. The van der Waals surface area contributed by atoms with Crippen molar-refractivity contribution < 1.29 is 0 Å². The Morgan fingerprint density at radius 2 is 1.91 bits per heavy atom. The van der Waals surface area contributed by atoms with Crippen molar-refractivity contribution in [3.05, 3.63) is 35.9 Å². The van der Waals surface area contributed by atoms with E-state index >= 15 is 0 Å². The van der Waals surface area contributed by atoms with Crippen LogP contribution in [0.3, 0.4) is 0 Å². The van der Waals surface area contributed by atoms with Crippen LogP contribution < -0.4 is 5.32 Å². The summed E-state index contributed by atoms with van der Waals surface area (Å²) in [4.78, 5) is 0. The van der Waals surface area contributed by atoms with Gasteiger partial charge in [0.25, 0.3) is 0 Å². The molecule has 0 bridgehead atoms. The molecule has 0 saturated heterocycles. The fourth-order valence-electron chi connectivity index (χ4n) is 1.07. The second-order valence-corrected chi connectivity index (χ2v) is 2.88. The lowest BCUT2D eigenvalue weighted by atomic mass is 10.1. The minimum atomic E-state index is 0.567. The number of rotatable bonds is 3. The number of hydrogen-bond donors (Lipinski definition) is 1. The molecular weight excluding hydrogens is 133 g/mol. The molecule has 0 spiro atoms. The van der Waals surface area contributed by atoms with Crippen molar-refractivity contribution in [2.75, 3.05) is 7.05 Å². The Labute approximate surface area is 68.4 Å². The van der Waals surface area contributed by atoms with Crippen LogP contribution in [-0.2, 0) is 6.42 Å².